The van der Waals surface area contributed by atoms with Gasteiger partial charge in [0, 0.05) is 13.1 Å². The van der Waals surface area contributed by atoms with Crippen LogP contribution < -0.4 is 5.14 Å². The monoisotopic (exact) mass is 334 g/mol. The SMILES string of the molecule is CCC(C)CN(CC)S(=O)(=O)c1ccc(S(N)(=O)=O)cc1. The predicted octanol–water partition coefficient (Wildman–Crippen LogP) is 1.39. The predicted molar refractivity (Wildman–Crippen MR) is 81.7 cm³/mol. The van der Waals surface area contributed by atoms with Crippen LogP contribution in [-0.2, 0) is 20.0 Å². The average Bonchev–Trinajstić information content (AvgIpc) is 2.43. The molecule has 1 aromatic carbocycles. The van der Waals surface area contributed by atoms with Crippen LogP contribution in [0.3, 0.4) is 0 Å². The summed E-state index contributed by atoms with van der Waals surface area (Å²) >= 11 is 0. The second-order valence-corrected chi connectivity index (χ2v) is 8.48. The van der Waals surface area contributed by atoms with E-state index in [-0.39, 0.29) is 15.7 Å². The normalized spacial score (nSPS) is 14.3. The van der Waals surface area contributed by atoms with Crippen LogP contribution in [-0.4, -0.2) is 34.2 Å². The number of hydrogen-bond donors (Lipinski definition) is 1. The van der Waals surface area contributed by atoms with Crippen LogP contribution in [0.15, 0.2) is 34.1 Å². The van der Waals surface area contributed by atoms with Gasteiger partial charge in [0.2, 0.25) is 20.0 Å². The molecule has 0 spiro atoms. The van der Waals surface area contributed by atoms with Crippen molar-refractivity contribution in [3.8, 4) is 0 Å². The van der Waals surface area contributed by atoms with Gasteiger partial charge in [0.15, 0.2) is 0 Å². The number of benzene rings is 1. The lowest BCUT2D eigenvalue weighted by Gasteiger charge is -2.23. The molecule has 2 N–H and O–H groups in total. The Labute approximate surface area is 127 Å². The lowest BCUT2D eigenvalue weighted by Crippen LogP contribution is -2.34. The Hall–Kier alpha value is -0.960. The highest BCUT2D eigenvalue weighted by Gasteiger charge is 2.24. The highest BCUT2D eigenvalue weighted by atomic mass is 32.2. The van der Waals surface area contributed by atoms with Crippen molar-refractivity contribution < 1.29 is 16.8 Å². The van der Waals surface area contributed by atoms with Gasteiger partial charge in [-0.15, -0.1) is 0 Å². The van der Waals surface area contributed by atoms with E-state index in [1.807, 2.05) is 13.8 Å². The molecule has 1 unspecified atom stereocenters. The van der Waals surface area contributed by atoms with Crippen LogP contribution in [0.4, 0.5) is 0 Å². The molecule has 0 fully saturated rings. The maximum atomic E-state index is 12.5. The summed E-state index contributed by atoms with van der Waals surface area (Å²) in [5.41, 5.74) is 0. The first-order chi connectivity index (χ1) is 9.62. The molecule has 120 valence electrons. The van der Waals surface area contributed by atoms with Gasteiger partial charge in [-0.05, 0) is 30.2 Å². The van der Waals surface area contributed by atoms with Crippen molar-refractivity contribution in [1.29, 1.82) is 0 Å². The molecule has 0 radical (unpaired) electrons. The molecule has 0 aliphatic heterocycles. The molecule has 0 aliphatic rings. The van der Waals surface area contributed by atoms with E-state index < -0.39 is 20.0 Å². The summed E-state index contributed by atoms with van der Waals surface area (Å²) < 4.78 is 48.8. The zero-order valence-corrected chi connectivity index (χ0v) is 14.1. The molecule has 21 heavy (non-hydrogen) atoms. The van der Waals surface area contributed by atoms with Crippen LogP contribution >= 0.6 is 0 Å². The van der Waals surface area contributed by atoms with Crippen molar-refractivity contribution in [3.63, 3.8) is 0 Å². The minimum atomic E-state index is -3.82. The Kier molecular flexibility index (Phi) is 5.92. The first kappa shape index (κ1) is 18.1. The second kappa shape index (κ2) is 6.87. The molecular formula is C13H22N2O4S2. The smallest absolute Gasteiger partial charge is 0.225 e. The highest BCUT2D eigenvalue weighted by Crippen LogP contribution is 2.19. The van der Waals surface area contributed by atoms with Crippen LogP contribution in [0, 0.1) is 5.92 Å². The van der Waals surface area contributed by atoms with E-state index in [0.29, 0.717) is 13.1 Å². The number of sulfonamides is 2. The van der Waals surface area contributed by atoms with Crippen molar-refractivity contribution in [2.45, 2.75) is 37.0 Å². The van der Waals surface area contributed by atoms with Gasteiger partial charge >= 0.3 is 0 Å². The van der Waals surface area contributed by atoms with E-state index in [1.54, 1.807) is 6.92 Å². The molecule has 0 saturated heterocycles. The first-order valence-electron chi connectivity index (χ1n) is 6.76. The third-order valence-corrected chi connectivity index (χ3v) is 6.24. The molecule has 1 aromatic rings. The minimum absolute atomic E-state index is 0.0695. The molecule has 0 aliphatic carbocycles. The van der Waals surface area contributed by atoms with Gasteiger partial charge in [-0.2, -0.15) is 4.31 Å². The van der Waals surface area contributed by atoms with Gasteiger partial charge in [-0.25, -0.2) is 22.0 Å². The Morgan fingerprint density at radius 3 is 1.90 bits per heavy atom. The van der Waals surface area contributed by atoms with Crippen molar-refractivity contribution in [2.75, 3.05) is 13.1 Å². The summed E-state index contributed by atoms with van der Waals surface area (Å²) in [6.07, 6.45) is 0.885. The molecule has 1 rings (SSSR count). The molecule has 1 atom stereocenters. The summed E-state index contributed by atoms with van der Waals surface area (Å²) in [6, 6.07) is 4.96. The summed E-state index contributed by atoms with van der Waals surface area (Å²) in [5.74, 6) is 0.253. The van der Waals surface area contributed by atoms with Crippen LogP contribution in [0.1, 0.15) is 27.2 Å². The van der Waals surface area contributed by atoms with Crippen LogP contribution in [0.2, 0.25) is 0 Å². The third-order valence-electron chi connectivity index (χ3n) is 3.35. The van der Waals surface area contributed by atoms with Crippen molar-refractivity contribution in [1.82, 2.24) is 4.31 Å². The van der Waals surface area contributed by atoms with Gasteiger partial charge in [0.05, 0.1) is 9.79 Å². The van der Waals surface area contributed by atoms with Crippen molar-refractivity contribution in [3.05, 3.63) is 24.3 Å². The van der Waals surface area contributed by atoms with Gasteiger partial charge in [0.1, 0.15) is 0 Å². The van der Waals surface area contributed by atoms with E-state index in [0.717, 1.165) is 6.42 Å². The number of nitrogens with zero attached hydrogens (tertiary/aromatic N) is 1. The average molecular weight is 334 g/mol. The number of primary sulfonamides is 1. The van der Waals surface area contributed by atoms with Crippen molar-refractivity contribution >= 4 is 20.0 Å². The van der Waals surface area contributed by atoms with Crippen LogP contribution in [0.25, 0.3) is 0 Å². The van der Waals surface area contributed by atoms with Crippen LogP contribution in [0.5, 0.6) is 0 Å². The van der Waals surface area contributed by atoms with E-state index in [4.69, 9.17) is 5.14 Å². The number of rotatable bonds is 7. The minimum Gasteiger partial charge on any atom is -0.225 e. The Balaban J connectivity index is 3.12. The summed E-state index contributed by atoms with van der Waals surface area (Å²) in [5, 5.41) is 5.00. The molecule has 8 heteroatoms. The Morgan fingerprint density at radius 2 is 1.52 bits per heavy atom. The van der Waals surface area contributed by atoms with E-state index in [2.05, 4.69) is 0 Å². The van der Waals surface area contributed by atoms with E-state index in [1.165, 1.54) is 28.6 Å². The molecule has 0 aromatic heterocycles. The largest absolute Gasteiger partial charge is 0.243 e. The summed E-state index contributed by atoms with van der Waals surface area (Å²) in [7, 11) is -7.44. The topological polar surface area (TPSA) is 97.5 Å². The summed E-state index contributed by atoms with van der Waals surface area (Å²) in [6.45, 7) is 6.57. The first-order valence-corrected chi connectivity index (χ1v) is 9.74. The lowest BCUT2D eigenvalue weighted by molar-refractivity contribution is 0.361. The van der Waals surface area contributed by atoms with Crippen molar-refractivity contribution in [2.24, 2.45) is 11.1 Å². The van der Waals surface area contributed by atoms with E-state index in [9.17, 15) is 16.8 Å². The highest BCUT2D eigenvalue weighted by molar-refractivity contribution is 7.89. The molecule has 0 heterocycles. The maximum Gasteiger partial charge on any atom is 0.243 e. The maximum absolute atomic E-state index is 12.5. The molecular weight excluding hydrogens is 312 g/mol. The van der Waals surface area contributed by atoms with Gasteiger partial charge < -0.3 is 0 Å². The molecule has 0 saturated carbocycles. The number of hydrogen-bond acceptors (Lipinski definition) is 4. The second-order valence-electron chi connectivity index (χ2n) is 4.99. The Morgan fingerprint density at radius 1 is 1.05 bits per heavy atom. The summed E-state index contributed by atoms with van der Waals surface area (Å²) in [4.78, 5) is -0.0357. The standard InChI is InChI=1S/C13H22N2O4S2/c1-4-11(3)10-15(5-2)21(18,19)13-8-6-12(7-9-13)20(14,16)17/h6-9,11H,4-5,10H2,1-3H3,(H2,14,16,17). The zero-order valence-electron chi connectivity index (χ0n) is 12.5. The molecule has 0 bridgehead atoms. The quantitative estimate of drug-likeness (QED) is 0.814. The third kappa shape index (κ3) is 4.50. The fourth-order valence-corrected chi connectivity index (χ4v) is 3.91. The van der Waals surface area contributed by atoms with Gasteiger partial charge in [-0.3, -0.25) is 0 Å². The van der Waals surface area contributed by atoms with Gasteiger partial charge in [0.25, 0.3) is 0 Å². The zero-order chi connectivity index (χ0) is 16.3. The number of nitrogens with two attached hydrogens (primary N) is 1. The van der Waals surface area contributed by atoms with Gasteiger partial charge in [-0.1, -0.05) is 27.2 Å². The van der Waals surface area contributed by atoms with E-state index >= 15 is 0 Å². The molecule has 6 nitrogen and oxygen atoms in total. The fraction of sp³-hybridized carbons (Fsp3) is 0.538. The molecule has 0 amide bonds. The Bertz CT molecular complexity index is 667. The lowest BCUT2D eigenvalue weighted by atomic mass is 10.1. The fourth-order valence-electron chi connectivity index (χ4n) is 1.82.